The van der Waals surface area contributed by atoms with Gasteiger partial charge in [-0.2, -0.15) is 0 Å². The second-order valence-electron chi connectivity index (χ2n) is 4.46. The third-order valence-corrected chi connectivity index (χ3v) is 3.93. The van der Waals surface area contributed by atoms with E-state index in [0.29, 0.717) is 17.0 Å². The van der Waals surface area contributed by atoms with E-state index in [1.165, 1.54) is 6.07 Å². The molecule has 0 aromatic heterocycles. The lowest BCUT2D eigenvalue weighted by Gasteiger charge is -2.18. The van der Waals surface area contributed by atoms with Crippen LogP contribution in [0.4, 0.5) is 8.78 Å². The van der Waals surface area contributed by atoms with E-state index in [-0.39, 0.29) is 6.04 Å². The van der Waals surface area contributed by atoms with Gasteiger partial charge in [0, 0.05) is 15.5 Å². The van der Waals surface area contributed by atoms with Crippen molar-refractivity contribution in [3.8, 4) is 0 Å². The van der Waals surface area contributed by atoms with Crippen LogP contribution in [-0.2, 0) is 6.42 Å². The molecule has 2 aromatic carbocycles. The Labute approximate surface area is 130 Å². The molecule has 1 unspecified atom stereocenters. The third-order valence-electron chi connectivity index (χ3n) is 3.11. The van der Waals surface area contributed by atoms with E-state index in [1.807, 2.05) is 25.2 Å². The Morgan fingerprint density at radius 1 is 1.15 bits per heavy atom. The third kappa shape index (κ3) is 3.57. The minimum Gasteiger partial charge on any atom is -0.313 e. The number of hydrogen-bond acceptors (Lipinski definition) is 1. The highest BCUT2D eigenvalue weighted by molar-refractivity contribution is 9.10. The van der Waals surface area contributed by atoms with Crippen molar-refractivity contribution in [1.82, 2.24) is 5.32 Å². The Balaban J connectivity index is 2.26. The number of halogens is 4. The van der Waals surface area contributed by atoms with Gasteiger partial charge in [0.25, 0.3) is 0 Å². The van der Waals surface area contributed by atoms with Crippen LogP contribution in [0.2, 0.25) is 5.02 Å². The number of likely N-dealkylation sites (N-methyl/N-ethyl adjacent to an activating group) is 1. The highest BCUT2D eigenvalue weighted by atomic mass is 79.9. The maximum Gasteiger partial charge on any atom is 0.159 e. The first-order valence-corrected chi connectivity index (χ1v) is 7.24. The number of hydrogen-bond donors (Lipinski definition) is 1. The molecule has 0 aliphatic carbocycles. The monoisotopic (exact) mass is 359 g/mol. The molecule has 0 aliphatic rings. The zero-order valence-electron chi connectivity index (χ0n) is 10.8. The van der Waals surface area contributed by atoms with E-state index in [0.717, 1.165) is 16.1 Å². The van der Waals surface area contributed by atoms with Gasteiger partial charge in [0.15, 0.2) is 11.6 Å². The van der Waals surface area contributed by atoms with E-state index in [9.17, 15) is 8.78 Å². The van der Waals surface area contributed by atoms with Gasteiger partial charge < -0.3 is 5.32 Å². The molecule has 1 N–H and O–H groups in total. The van der Waals surface area contributed by atoms with Crippen LogP contribution in [-0.4, -0.2) is 7.05 Å². The van der Waals surface area contributed by atoms with Gasteiger partial charge in [-0.05, 0) is 48.9 Å². The summed E-state index contributed by atoms with van der Waals surface area (Å²) in [6, 6.07) is 9.49. The molecular formula is C15H13BrClF2N. The molecule has 0 bridgehead atoms. The van der Waals surface area contributed by atoms with Crippen LogP contribution in [0.3, 0.4) is 0 Å². The molecule has 0 heterocycles. The Kier molecular flexibility index (Phi) is 5.13. The van der Waals surface area contributed by atoms with E-state index >= 15 is 0 Å². The summed E-state index contributed by atoms with van der Waals surface area (Å²) in [5, 5.41) is 3.77. The van der Waals surface area contributed by atoms with E-state index < -0.39 is 11.6 Å². The summed E-state index contributed by atoms with van der Waals surface area (Å²) < 4.78 is 27.1. The summed E-state index contributed by atoms with van der Waals surface area (Å²) in [5.74, 6) is -1.67. The summed E-state index contributed by atoms with van der Waals surface area (Å²) >= 11 is 9.58. The second-order valence-corrected chi connectivity index (χ2v) is 5.78. The van der Waals surface area contributed by atoms with Gasteiger partial charge in [-0.15, -0.1) is 0 Å². The molecule has 20 heavy (non-hydrogen) atoms. The highest BCUT2D eigenvalue weighted by Gasteiger charge is 2.15. The molecule has 1 atom stereocenters. The fourth-order valence-corrected chi connectivity index (χ4v) is 2.86. The van der Waals surface area contributed by atoms with Gasteiger partial charge in [-0.25, -0.2) is 8.78 Å². The standard InChI is InChI=1S/C15H13BrClF2N/c1-20-15(11-4-3-10(16)8-12(11)17)7-9-2-5-13(18)14(19)6-9/h2-6,8,15,20H,7H2,1H3. The Morgan fingerprint density at radius 3 is 2.50 bits per heavy atom. The van der Waals surface area contributed by atoms with E-state index in [1.54, 1.807) is 6.07 Å². The van der Waals surface area contributed by atoms with Crippen LogP contribution >= 0.6 is 27.5 Å². The fraction of sp³-hybridized carbons (Fsp3) is 0.200. The quantitative estimate of drug-likeness (QED) is 0.819. The first-order valence-electron chi connectivity index (χ1n) is 6.07. The molecular weight excluding hydrogens is 348 g/mol. The number of benzene rings is 2. The van der Waals surface area contributed by atoms with Gasteiger partial charge in [-0.1, -0.05) is 39.7 Å². The minimum atomic E-state index is -0.837. The zero-order chi connectivity index (χ0) is 14.7. The molecule has 2 aromatic rings. The molecule has 106 valence electrons. The molecule has 2 rings (SSSR count). The lowest BCUT2D eigenvalue weighted by Crippen LogP contribution is -2.19. The van der Waals surface area contributed by atoms with Crippen LogP contribution < -0.4 is 5.32 Å². The molecule has 0 radical (unpaired) electrons. The predicted molar refractivity (Wildman–Crippen MR) is 81.0 cm³/mol. The average Bonchev–Trinajstić information content (AvgIpc) is 2.41. The van der Waals surface area contributed by atoms with Crippen molar-refractivity contribution < 1.29 is 8.78 Å². The number of nitrogens with one attached hydrogen (secondary N) is 1. The second kappa shape index (κ2) is 6.66. The summed E-state index contributed by atoms with van der Waals surface area (Å²) in [5.41, 5.74) is 1.63. The molecule has 0 amide bonds. The van der Waals surface area contributed by atoms with Crippen molar-refractivity contribution in [2.24, 2.45) is 0 Å². The van der Waals surface area contributed by atoms with Gasteiger partial charge in [-0.3, -0.25) is 0 Å². The SMILES string of the molecule is CNC(Cc1ccc(F)c(F)c1)c1ccc(Br)cc1Cl. The Hall–Kier alpha value is -0.970. The first-order chi connectivity index (χ1) is 9.51. The lowest BCUT2D eigenvalue weighted by molar-refractivity contribution is 0.504. The highest BCUT2D eigenvalue weighted by Crippen LogP contribution is 2.28. The smallest absolute Gasteiger partial charge is 0.159 e. The topological polar surface area (TPSA) is 12.0 Å². The molecule has 0 spiro atoms. The van der Waals surface area contributed by atoms with Crippen LogP contribution in [0.25, 0.3) is 0 Å². The molecule has 0 aliphatic heterocycles. The van der Waals surface area contributed by atoms with Crippen molar-refractivity contribution in [2.45, 2.75) is 12.5 Å². The van der Waals surface area contributed by atoms with Crippen LogP contribution in [0.15, 0.2) is 40.9 Å². The summed E-state index contributed by atoms with van der Waals surface area (Å²) in [6.45, 7) is 0. The molecule has 0 fully saturated rings. The number of rotatable bonds is 4. The average molecular weight is 361 g/mol. The molecule has 0 saturated heterocycles. The predicted octanol–water partition coefficient (Wildman–Crippen LogP) is 4.88. The maximum absolute atomic E-state index is 13.2. The van der Waals surface area contributed by atoms with E-state index in [4.69, 9.17) is 11.6 Å². The summed E-state index contributed by atoms with van der Waals surface area (Å²) in [7, 11) is 1.81. The van der Waals surface area contributed by atoms with Gasteiger partial charge in [0.1, 0.15) is 0 Å². The van der Waals surface area contributed by atoms with Crippen molar-refractivity contribution in [3.05, 3.63) is 68.7 Å². The van der Waals surface area contributed by atoms with Crippen LogP contribution in [0, 0.1) is 11.6 Å². The molecule has 1 nitrogen and oxygen atoms in total. The van der Waals surface area contributed by atoms with Crippen LogP contribution in [0.1, 0.15) is 17.2 Å². The zero-order valence-corrected chi connectivity index (χ0v) is 13.1. The largest absolute Gasteiger partial charge is 0.313 e. The Morgan fingerprint density at radius 2 is 1.90 bits per heavy atom. The lowest BCUT2D eigenvalue weighted by atomic mass is 9.99. The first kappa shape index (κ1) is 15.4. The van der Waals surface area contributed by atoms with Gasteiger partial charge >= 0.3 is 0 Å². The summed E-state index contributed by atoms with van der Waals surface area (Å²) in [4.78, 5) is 0. The fourth-order valence-electron chi connectivity index (χ4n) is 2.05. The van der Waals surface area contributed by atoms with Crippen LogP contribution in [0.5, 0.6) is 0 Å². The van der Waals surface area contributed by atoms with Gasteiger partial charge in [0.2, 0.25) is 0 Å². The van der Waals surface area contributed by atoms with Gasteiger partial charge in [0.05, 0.1) is 0 Å². The van der Waals surface area contributed by atoms with Crippen molar-refractivity contribution in [1.29, 1.82) is 0 Å². The van der Waals surface area contributed by atoms with Crippen molar-refractivity contribution in [3.63, 3.8) is 0 Å². The Bertz CT molecular complexity index is 619. The molecule has 5 heteroatoms. The minimum absolute atomic E-state index is 0.0690. The maximum atomic E-state index is 13.2. The summed E-state index contributed by atoms with van der Waals surface area (Å²) in [6.07, 6.45) is 0.523. The molecule has 0 saturated carbocycles. The van der Waals surface area contributed by atoms with Crippen molar-refractivity contribution >= 4 is 27.5 Å². The van der Waals surface area contributed by atoms with Crippen molar-refractivity contribution in [2.75, 3.05) is 7.05 Å². The van der Waals surface area contributed by atoms with E-state index in [2.05, 4.69) is 21.2 Å². The normalized spacial score (nSPS) is 12.4.